The van der Waals surface area contributed by atoms with Crippen molar-refractivity contribution in [3.8, 4) is 0 Å². The Hall–Kier alpha value is -2.88. The number of carbonyl (C=O) groups is 2. The van der Waals surface area contributed by atoms with Gasteiger partial charge in [-0.25, -0.2) is 4.79 Å². The number of hydrogen-bond donors (Lipinski definition) is 1. The lowest BCUT2D eigenvalue weighted by molar-refractivity contribution is -0.111. The molecule has 0 aliphatic carbocycles. The van der Waals surface area contributed by atoms with Gasteiger partial charge in [0.15, 0.2) is 0 Å². The Morgan fingerprint density at radius 1 is 1.09 bits per heavy atom. The van der Waals surface area contributed by atoms with E-state index in [1.54, 1.807) is 30.3 Å². The van der Waals surface area contributed by atoms with E-state index in [0.717, 1.165) is 11.1 Å². The first-order valence-corrected chi connectivity index (χ1v) is 6.83. The second kappa shape index (κ2) is 7.22. The van der Waals surface area contributed by atoms with E-state index < -0.39 is 5.97 Å². The van der Waals surface area contributed by atoms with Crippen LogP contribution in [0.4, 0.5) is 5.69 Å². The van der Waals surface area contributed by atoms with Gasteiger partial charge in [-0.05, 0) is 42.3 Å². The molecule has 0 atom stereocenters. The molecule has 0 heterocycles. The molecular weight excluding hydrogens is 278 g/mol. The maximum Gasteiger partial charge on any atom is 0.337 e. The molecule has 22 heavy (non-hydrogen) atoms. The first-order chi connectivity index (χ1) is 10.6. The third kappa shape index (κ3) is 4.06. The number of esters is 1. The second-order valence-corrected chi connectivity index (χ2v) is 4.75. The summed E-state index contributed by atoms with van der Waals surface area (Å²) in [5.41, 5.74) is 3.02. The van der Waals surface area contributed by atoms with Gasteiger partial charge in [0, 0.05) is 11.8 Å². The van der Waals surface area contributed by atoms with Crippen molar-refractivity contribution in [3.05, 3.63) is 71.3 Å². The minimum atomic E-state index is -0.438. The Bertz CT molecular complexity index is 720. The quantitative estimate of drug-likeness (QED) is 0.694. The summed E-state index contributed by atoms with van der Waals surface area (Å²) in [6.07, 6.45) is 3.22. The number of aryl methyl sites for hydroxylation is 1. The molecule has 2 aromatic rings. The van der Waals surface area contributed by atoms with E-state index in [1.807, 2.05) is 31.2 Å². The van der Waals surface area contributed by atoms with Crippen LogP contribution in [0.25, 0.3) is 6.08 Å². The number of rotatable bonds is 4. The van der Waals surface area contributed by atoms with Crippen LogP contribution in [0.3, 0.4) is 0 Å². The second-order valence-electron chi connectivity index (χ2n) is 4.75. The fourth-order valence-corrected chi connectivity index (χ4v) is 1.96. The summed E-state index contributed by atoms with van der Waals surface area (Å²) in [7, 11) is 1.32. The fraction of sp³-hybridized carbons (Fsp3) is 0.111. The first kappa shape index (κ1) is 15.5. The number of anilines is 1. The van der Waals surface area contributed by atoms with Gasteiger partial charge in [0.2, 0.25) is 5.91 Å². The molecule has 0 aliphatic heterocycles. The third-order valence-corrected chi connectivity index (χ3v) is 3.15. The molecule has 0 aromatic heterocycles. The van der Waals surface area contributed by atoms with Crippen LogP contribution in [-0.2, 0) is 9.53 Å². The smallest absolute Gasteiger partial charge is 0.337 e. The van der Waals surface area contributed by atoms with Crippen molar-refractivity contribution >= 4 is 23.6 Å². The lowest BCUT2D eigenvalue weighted by Crippen LogP contribution is -2.09. The maximum absolute atomic E-state index is 11.9. The van der Waals surface area contributed by atoms with Crippen LogP contribution >= 0.6 is 0 Å². The van der Waals surface area contributed by atoms with Gasteiger partial charge in [-0.3, -0.25) is 4.79 Å². The lowest BCUT2D eigenvalue weighted by atomic mass is 10.1. The standard InChI is InChI=1S/C18H17NO3/c1-13-6-3-4-7-14(13)10-11-17(20)19-16-9-5-8-15(12-16)18(21)22-2/h3-12H,1-2H3,(H,19,20)/b11-10+. The van der Waals surface area contributed by atoms with Crippen LogP contribution in [0.2, 0.25) is 0 Å². The van der Waals surface area contributed by atoms with Gasteiger partial charge in [-0.15, -0.1) is 0 Å². The number of amides is 1. The van der Waals surface area contributed by atoms with Gasteiger partial charge in [-0.2, -0.15) is 0 Å². The van der Waals surface area contributed by atoms with E-state index in [-0.39, 0.29) is 5.91 Å². The average Bonchev–Trinajstić information content (AvgIpc) is 2.53. The topological polar surface area (TPSA) is 55.4 Å². The van der Waals surface area contributed by atoms with Gasteiger partial charge in [-0.1, -0.05) is 30.3 Å². The number of nitrogens with one attached hydrogen (secondary N) is 1. The Balaban J connectivity index is 2.06. The summed E-state index contributed by atoms with van der Waals surface area (Å²) in [6.45, 7) is 1.98. The van der Waals surface area contributed by atoms with Crippen LogP contribution in [0.15, 0.2) is 54.6 Å². The monoisotopic (exact) mass is 295 g/mol. The highest BCUT2D eigenvalue weighted by atomic mass is 16.5. The normalized spacial score (nSPS) is 10.5. The molecule has 0 saturated heterocycles. The molecule has 1 amide bonds. The molecule has 0 fully saturated rings. The predicted molar refractivity (Wildman–Crippen MR) is 86.6 cm³/mol. The molecular formula is C18H17NO3. The average molecular weight is 295 g/mol. The van der Waals surface area contributed by atoms with Crippen LogP contribution in [0.1, 0.15) is 21.5 Å². The largest absolute Gasteiger partial charge is 0.465 e. The Morgan fingerprint density at radius 3 is 2.59 bits per heavy atom. The molecule has 0 spiro atoms. The van der Waals surface area contributed by atoms with Crippen molar-refractivity contribution in [2.45, 2.75) is 6.92 Å². The molecule has 2 rings (SSSR count). The lowest BCUT2D eigenvalue weighted by Gasteiger charge is -2.04. The summed E-state index contributed by atoms with van der Waals surface area (Å²) < 4.78 is 4.65. The van der Waals surface area contributed by atoms with E-state index >= 15 is 0 Å². The number of carbonyl (C=O) groups excluding carboxylic acids is 2. The van der Waals surface area contributed by atoms with Crippen molar-refractivity contribution in [3.63, 3.8) is 0 Å². The van der Waals surface area contributed by atoms with Crippen molar-refractivity contribution in [1.82, 2.24) is 0 Å². The maximum atomic E-state index is 11.9. The van der Waals surface area contributed by atoms with E-state index in [0.29, 0.717) is 11.3 Å². The Kier molecular flexibility index (Phi) is 5.09. The minimum absolute atomic E-state index is 0.259. The van der Waals surface area contributed by atoms with E-state index in [9.17, 15) is 9.59 Å². The van der Waals surface area contributed by atoms with Crippen molar-refractivity contribution in [2.24, 2.45) is 0 Å². The molecule has 0 saturated carbocycles. The zero-order chi connectivity index (χ0) is 15.9. The van der Waals surface area contributed by atoms with Gasteiger partial charge in [0.05, 0.1) is 12.7 Å². The highest BCUT2D eigenvalue weighted by Crippen LogP contribution is 2.12. The minimum Gasteiger partial charge on any atom is -0.465 e. The molecule has 4 nitrogen and oxygen atoms in total. The van der Waals surface area contributed by atoms with Crippen molar-refractivity contribution in [2.75, 3.05) is 12.4 Å². The van der Waals surface area contributed by atoms with E-state index in [2.05, 4.69) is 10.1 Å². The van der Waals surface area contributed by atoms with Crippen LogP contribution < -0.4 is 5.32 Å². The molecule has 4 heteroatoms. The number of methoxy groups -OCH3 is 1. The SMILES string of the molecule is COC(=O)c1cccc(NC(=O)/C=C/c2ccccc2C)c1. The highest BCUT2D eigenvalue weighted by molar-refractivity contribution is 6.02. The number of benzene rings is 2. The molecule has 0 aliphatic rings. The van der Waals surface area contributed by atoms with Crippen LogP contribution in [-0.4, -0.2) is 19.0 Å². The Morgan fingerprint density at radius 2 is 1.86 bits per heavy atom. The molecule has 1 N–H and O–H groups in total. The highest BCUT2D eigenvalue weighted by Gasteiger charge is 2.06. The summed E-state index contributed by atoms with van der Waals surface area (Å²) in [5, 5.41) is 2.72. The van der Waals surface area contributed by atoms with Gasteiger partial charge in [0.25, 0.3) is 0 Å². The van der Waals surface area contributed by atoms with Crippen LogP contribution in [0, 0.1) is 6.92 Å². The zero-order valence-corrected chi connectivity index (χ0v) is 12.5. The van der Waals surface area contributed by atoms with Gasteiger partial charge < -0.3 is 10.1 Å². The predicted octanol–water partition coefficient (Wildman–Crippen LogP) is 3.43. The van der Waals surface area contributed by atoms with Gasteiger partial charge in [0.1, 0.15) is 0 Å². The van der Waals surface area contributed by atoms with Crippen molar-refractivity contribution < 1.29 is 14.3 Å². The summed E-state index contributed by atoms with van der Waals surface area (Å²) in [4.78, 5) is 23.4. The van der Waals surface area contributed by atoms with Gasteiger partial charge >= 0.3 is 5.97 Å². The molecule has 112 valence electrons. The fourth-order valence-electron chi connectivity index (χ4n) is 1.96. The van der Waals surface area contributed by atoms with E-state index in [1.165, 1.54) is 13.2 Å². The zero-order valence-electron chi connectivity index (χ0n) is 12.5. The summed E-state index contributed by atoms with van der Waals surface area (Å²) in [5.74, 6) is -0.697. The summed E-state index contributed by atoms with van der Waals surface area (Å²) >= 11 is 0. The number of ether oxygens (including phenoxy) is 1. The summed E-state index contributed by atoms with van der Waals surface area (Å²) in [6, 6.07) is 14.4. The molecule has 2 aromatic carbocycles. The first-order valence-electron chi connectivity index (χ1n) is 6.83. The van der Waals surface area contributed by atoms with E-state index in [4.69, 9.17) is 0 Å². The van der Waals surface area contributed by atoms with Crippen LogP contribution in [0.5, 0.6) is 0 Å². The number of hydrogen-bond acceptors (Lipinski definition) is 3. The van der Waals surface area contributed by atoms with Crippen molar-refractivity contribution in [1.29, 1.82) is 0 Å². The third-order valence-electron chi connectivity index (χ3n) is 3.15. The molecule has 0 unspecified atom stereocenters. The molecule has 0 bridgehead atoms. The molecule has 0 radical (unpaired) electrons. The Labute approximate surface area is 129 Å².